The van der Waals surface area contributed by atoms with Gasteiger partial charge in [0.15, 0.2) is 11.7 Å². The molecule has 6 N–H and O–H groups in total. The Morgan fingerprint density at radius 2 is 1.76 bits per heavy atom. The minimum Gasteiger partial charge on any atom is -0.455 e. The van der Waals surface area contributed by atoms with Crippen LogP contribution in [0.2, 0.25) is 0 Å². The zero-order chi connectivity index (χ0) is 15.2. The second-order valence-corrected chi connectivity index (χ2v) is 4.03. The smallest absolute Gasteiger partial charge is 0.223 e. The molecule has 0 saturated carbocycles. The zero-order valence-corrected chi connectivity index (χ0v) is 11.0. The SMILES string of the molecule is NC(N)=NC(N)=Nc1ccccc1Oc1cccc(F)c1. The topological polar surface area (TPSA) is 112 Å². The molecule has 108 valence electrons. The van der Waals surface area contributed by atoms with Crippen molar-refractivity contribution in [2.24, 2.45) is 27.2 Å². The molecule has 0 heterocycles. The summed E-state index contributed by atoms with van der Waals surface area (Å²) in [7, 11) is 0. The van der Waals surface area contributed by atoms with Crippen molar-refractivity contribution in [3.05, 3.63) is 54.3 Å². The lowest BCUT2D eigenvalue weighted by molar-refractivity contribution is 0.478. The van der Waals surface area contributed by atoms with Gasteiger partial charge in [-0.15, -0.1) is 0 Å². The maximum atomic E-state index is 13.2. The lowest BCUT2D eigenvalue weighted by atomic mass is 10.3. The predicted molar refractivity (Wildman–Crippen MR) is 80.0 cm³/mol. The van der Waals surface area contributed by atoms with Gasteiger partial charge in [0.05, 0.1) is 0 Å². The van der Waals surface area contributed by atoms with Crippen LogP contribution in [-0.4, -0.2) is 11.9 Å². The molecule has 21 heavy (non-hydrogen) atoms. The second-order valence-electron chi connectivity index (χ2n) is 4.03. The van der Waals surface area contributed by atoms with Gasteiger partial charge < -0.3 is 21.9 Å². The van der Waals surface area contributed by atoms with Crippen molar-refractivity contribution in [3.63, 3.8) is 0 Å². The van der Waals surface area contributed by atoms with E-state index in [4.69, 9.17) is 21.9 Å². The summed E-state index contributed by atoms with van der Waals surface area (Å²) in [6, 6.07) is 12.6. The van der Waals surface area contributed by atoms with Crippen molar-refractivity contribution in [1.82, 2.24) is 0 Å². The fourth-order valence-electron chi connectivity index (χ4n) is 1.57. The molecule has 0 unspecified atom stereocenters. The molecular formula is C14H14FN5O. The molecular weight excluding hydrogens is 273 g/mol. The van der Waals surface area contributed by atoms with E-state index in [1.165, 1.54) is 12.1 Å². The Morgan fingerprint density at radius 1 is 1.00 bits per heavy atom. The molecule has 2 rings (SSSR count). The predicted octanol–water partition coefficient (Wildman–Crippen LogP) is 1.84. The Bertz CT molecular complexity index is 695. The van der Waals surface area contributed by atoms with Gasteiger partial charge >= 0.3 is 0 Å². The second kappa shape index (κ2) is 6.38. The van der Waals surface area contributed by atoms with Crippen molar-refractivity contribution < 1.29 is 9.13 Å². The molecule has 0 spiro atoms. The molecule has 2 aromatic rings. The fraction of sp³-hybridized carbons (Fsp3) is 0. The summed E-state index contributed by atoms with van der Waals surface area (Å²) < 4.78 is 18.7. The number of nitrogens with two attached hydrogens (primary N) is 3. The average Bonchev–Trinajstić information content (AvgIpc) is 2.40. The van der Waals surface area contributed by atoms with Crippen molar-refractivity contribution >= 4 is 17.6 Å². The molecule has 0 aliphatic carbocycles. The van der Waals surface area contributed by atoms with Gasteiger partial charge in [0.1, 0.15) is 17.3 Å². The van der Waals surface area contributed by atoms with E-state index in [0.717, 1.165) is 0 Å². The van der Waals surface area contributed by atoms with Gasteiger partial charge in [0.2, 0.25) is 5.96 Å². The first kappa shape index (κ1) is 14.3. The number of aliphatic imine (C=N–C) groups is 2. The van der Waals surface area contributed by atoms with Crippen LogP contribution < -0.4 is 21.9 Å². The number of benzene rings is 2. The van der Waals surface area contributed by atoms with Crippen LogP contribution in [0.1, 0.15) is 0 Å². The molecule has 7 heteroatoms. The monoisotopic (exact) mass is 287 g/mol. The summed E-state index contributed by atoms with van der Waals surface area (Å²) in [4.78, 5) is 7.67. The van der Waals surface area contributed by atoms with Gasteiger partial charge in [0, 0.05) is 6.07 Å². The number of halogens is 1. The number of hydrogen-bond donors (Lipinski definition) is 3. The summed E-state index contributed by atoms with van der Waals surface area (Å²) in [5.41, 5.74) is 16.4. The van der Waals surface area contributed by atoms with Crippen LogP contribution in [-0.2, 0) is 0 Å². The number of ether oxygens (including phenoxy) is 1. The summed E-state index contributed by atoms with van der Waals surface area (Å²) in [5.74, 6) is 0.0495. The molecule has 2 aromatic carbocycles. The lowest BCUT2D eigenvalue weighted by Gasteiger charge is -2.08. The van der Waals surface area contributed by atoms with Crippen molar-refractivity contribution in [2.75, 3.05) is 0 Å². The van der Waals surface area contributed by atoms with Crippen LogP contribution >= 0.6 is 0 Å². The molecule has 0 saturated heterocycles. The Morgan fingerprint density at radius 3 is 2.48 bits per heavy atom. The Kier molecular flexibility index (Phi) is 4.35. The van der Waals surface area contributed by atoms with E-state index in [0.29, 0.717) is 17.2 Å². The maximum Gasteiger partial charge on any atom is 0.223 e. The largest absolute Gasteiger partial charge is 0.455 e. The van der Waals surface area contributed by atoms with E-state index in [-0.39, 0.29) is 11.9 Å². The van der Waals surface area contributed by atoms with Crippen LogP contribution in [0.3, 0.4) is 0 Å². The van der Waals surface area contributed by atoms with Gasteiger partial charge in [-0.2, -0.15) is 4.99 Å². The van der Waals surface area contributed by atoms with E-state index in [2.05, 4.69) is 9.98 Å². The van der Waals surface area contributed by atoms with E-state index < -0.39 is 5.82 Å². The quantitative estimate of drug-likeness (QED) is 0.590. The highest BCUT2D eigenvalue weighted by molar-refractivity contribution is 5.93. The van der Waals surface area contributed by atoms with E-state index in [9.17, 15) is 4.39 Å². The molecule has 6 nitrogen and oxygen atoms in total. The van der Waals surface area contributed by atoms with Crippen LogP contribution in [0.25, 0.3) is 0 Å². The van der Waals surface area contributed by atoms with Gasteiger partial charge in [-0.25, -0.2) is 9.38 Å². The highest BCUT2D eigenvalue weighted by Crippen LogP contribution is 2.31. The van der Waals surface area contributed by atoms with Gasteiger partial charge in [-0.05, 0) is 24.3 Å². The lowest BCUT2D eigenvalue weighted by Crippen LogP contribution is -2.26. The van der Waals surface area contributed by atoms with Crippen LogP contribution in [0.4, 0.5) is 10.1 Å². The highest BCUT2D eigenvalue weighted by Gasteiger charge is 2.05. The zero-order valence-electron chi connectivity index (χ0n) is 11.0. The number of rotatable bonds is 3. The number of guanidine groups is 2. The molecule has 0 radical (unpaired) electrons. The summed E-state index contributed by atoms with van der Waals surface area (Å²) in [6.45, 7) is 0. The first-order valence-electron chi connectivity index (χ1n) is 6.01. The fourth-order valence-corrected chi connectivity index (χ4v) is 1.57. The minimum atomic E-state index is -0.395. The van der Waals surface area contributed by atoms with Crippen molar-refractivity contribution in [3.8, 4) is 11.5 Å². The maximum absolute atomic E-state index is 13.2. The van der Waals surface area contributed by atoms with Crippen LogP contribution in [0.5, 0.6) is 11.5 Å². The van der Waals surface area contributed by atoms with Crippen molar-refractivity contribution in [2.45, 2.75) is 0 Å². The average molecular weight is 287 g/mol. The molecule has 0 aliphatic heterocycles. The van der Waals surface area contributed by atoms with Crippen LogP contribution in [0, 0.1) is 5.82 Å². The number of para-hydroxylation sites is 2. The molecule has 0 atom stereocenters. The standard InChI is InChI=1S/C14H14FN5O/c15-9-4-3-5-10(8-9)21-12-7-2-1-6-11(12)19-14(18)20-13(16)17/h1-8H,(H6,16,17,18,19,20). The Balaban J connectivity index is 2.31. The third-order valence-corrected chi connectivity index (χ3v) is 2.37. The summed E-state index contributed by atoms with van der Waals surface area (Å²) in [6.07, 6.45) is 0. The molecule has 0 aliphatic rings. The first-order chi connectivity index (χ1) is 10.0. The van der Waals surface area contributed by atoms with Crippen molar-refractivity contribution in [1.29, 1.82) is 0 Å². The van der Waals surface area contributed by atoms with Gasteiger partial charge in [0.25, 0.3) is 0 Å². The third kappa shape index (κ3) is 4.20. The molecule has 0 fully saturated rings. The van der Waals surface area contributed by atoms with Gasteiger partial charge in [-0.1, -0.05) is 18.2 Å². The molecule has 0 aromatic heterocycles. The van der Waals surface area contributed by atoms with E-state index in [1.54, 1.807) is 36.4 Å². The normalized spacial score (nSPS) is 11.0. The van der Waals surface area contributed by atoms with Crippen LogP contribution in [0.15, 0.2) is 58.5 Å². The van der Waals surface area contributed by atoms with E-state index in [1.807, 2.05) is 0 Å². The number of nitrogens with zero attached hydrogens (tertiary/aromatic N) is 2. The molecule has 0 bridgehead atoms. The minimum absolute atomic E-state index is 0.106. The summed E-state index contributed by atoms with van der Waals surface area (Å²) in [5, 5.41) is 0. The third-order valence-electron chi connectivity index (χ3n) is 2.37. The highest BCUT2D eigenvalue weighted by atomic mass is 19.1. The first-order valence-corrected chi connectivity index (χ1v) is 6.01. The summed E-state index contributed by atoms with van der Waals surface area (Å²) >= 11 is 0. The van der Waals surface area contributed by atoms with E-state index >= 15 is 0 Å². The van der Waals surface area contributed by atoms with Gasteiger partial charge in [-0.3, -0.25) is 0 Å². The Labute approximate surface area is 120 Å². The number of hydrogen-bond acceptors (Lipinski definition) is 2. The Hall–Kier alpha value is -3.09. The molecule has 0 amide bonds.